The van der Waals surface area contributed by atoms with E-state index in [9.17, 15) is 14.4 Å². The monoisotopic (exact) mass is 554 g/mol. The number of carbonyl (C=O) groups excluding carboxylic acids is 3. The smallest absolute Gasteiger partial charge is 0.270 e. The van der Waals surface area contributed by atoms with E-state index in [0.717, 1.165) is 0 Å². The fraction of sp³-hybridized carbons (Fsp3) is 0.312. The molecule has 1 aromatic rings. The quantitative estimate of drug-likeness (QED) is 0.407. The van der Waals surface area contributed by atoms with Crippen LogP contribution in [0, 0.1) is 11.8 Å². The number of hydrazine groups is 1. The molecule has 3 aliphatic rings. The summed E-state index contributed by atoms with van der Waals surface area (Å²) < 4.78 is -2.04. The highest BCUT2D eigenvalue weighted by Gasteiger charge is 2.87. The Kier molecular flexibility index (Phi) is 5.10. The number of imide groups is 1. The van der Waals surface area contributed by atoms with Crippen molar-refractivity contribution < 1.29 is 14.4 Å². The van der Waals surface area contributed by atoms with E-state index in [1.807, 2.05) is 0 Å². The molecule has 13 heteroatoms. The molecule has 1 saturated carbocycles. The highest BCUT2D eigenvalue weighted by molar-refractivity contribution is 6.66. The highest BCUT2D eigenvalue weighted by Crippen LogP contribution is 2.77. The minimum atomic E-state index is -2.04. The SMILES string of the molecule is O=C(NN1C(=O)[C@@H]2[C@@H](C1=O)[C@@]1(Cl)C(Cl)=C(Cl)[C@@]2(Cl)C1(Cl)Cl)c1ccc(Cl)c(Cl)c1. The van der Waals surface area contributed by atoms with Crippen LogP contribution in [0.1, 0.15) is 10.4 Å². The maximum Gasteiger partial charge on any atom is 0.270 e. The van der Waals surface area contributed by atoms with Crippen molar-refractivity contribution in [2.24, 2.45) is 11.8 Å². The zero-order valence-electron chi connectivity index (χ0n) is 13.6. The Hall–Kier alpha value is -0.110. The van der Waals surface area contributed by atoms with Gasteiger partial charge in [0.1, 0.15) is 9.75 Å². The van der Waals surface area contributed by atoms with Crippen molar-refractivity contribution in [2.75, 3.05) is 0 Å². The van der Waals surface area contributed by atoms with Crippen molar-refractivity contribution in [3.8, 4) is 0 Å². The third-order valence-corrected chi connectivity index (χ3v) is 10.3. The molecule has 3 amide bonds. The Bertz CT molecular complexity index is 997. The summed E-state index contributed by atoms with van der Waals surface area (Å²) in [6.45, 7) is 0. The van der Waals surface area contributed by atoms with Gasteiger partial charge in [0.25, 0.3) is 17.7 Å². The van der Waals surface area contributed by atoms with Crippen molar-refractivity contribution in [3.05, 3.63) is 43.9 Å². The normalized spacial score (nSPS) is 34.8. The van der Waals surface area contributed by atoms with Gasteiger partial charge in [0.2, 0.25) is 0 Å². The van der Waals surface area contributed by atoms with E-state index in [4.69, 9.17) is 92.8 Å². The topological polar surface area (TPSA) is 66.5 Å². The molecule has 4 atom stereocenters. The van der Waals surface area contributed by atoms with Crippen LogP contribution in [0.3, 0.4) is 0 Å². The largest absolute Gasteiger partial charge is 0.272 e. The number of nitrogens with one attached hydrogen (secondary N) is 1. The van der Waals surface area contributed by atoms with E-state index in [0.29, 0.717) is 5.01 Å². The molecule has 1 aromatic carbocycles. The molecule has 0 radical (unpaired) electrons. The highest BCUT2D eigenvalue weighted by atomic mass is 35.5. The minimum Gasteiger partial charge on any atom is -0.272 e. The van der Waals surface area contributed by atoms with Crippen LogP contribution in [0.5, 0.6) is 0 Å². The van der Waals surface area contributed by atoms with Crippen molar-refractivity contribution in [2.45, 2.75) is 14.1 Å². The number of carbonyl (C=O) groups is 3. The number of rotatable bonds is 2. The molecule has 29 heavy (non-hydrogen) atoms. The van der Waals surface area contributed by atoms with E-state index in [2.05, 4.69) is 5.43 Å². The van der Waals surface area contributed by atoms with E-state index in [1.54, 1.807) is 0 Å². The van der Waals surface area contributed by atoms with Crippen LogP contribution in [-0.4, -0.2) is 36.8 Å². The Balaban J connectivity index is 1.71. The van der Waals surface area contributed by atoms with Crippen LogP contribution in [0.4, 0.5) is 0 Å². The number of amides is 3. The first kappa shape index (κ1) is 22.1. The lowest BCUT2D eigenvalue weighted by atomic mass is 9.84. The predicted molar refractivity (Wildman–Crippen MR) is 113 cm³/mol. The lowest BCUT2D eigenvalue weighted by Crippen LogP contribution is -2.54. The van der Waals surface area contributed by atoms with Gasteiger partial charge >= 0.3 is 0 Å². The van der Waals surface area contributed by atoms with E-state index >= 15 is 0 Å². The van der Waals surface area contributed by atoms with Gasteiger partial charge in [-0.05, 0) is 18.2 Å². The first-order valence-corrected chi connectivity index (χ1v) is 10.8. The van der Waals surface area contributed by atoms with Crippen molar-refractivity contribution in [1.29, 1.82) is 0 Å². The summed E-state index contributed by atoms with van der Waals surface area (Å²) in [5.41, 5.74) is 2.27. The van der Waals surface area contributed by atoms with Gasteiger partial charge in [0.05, 0.1) is 31.9 Å². The fourth-order valence-electron chi connectivity index (χ4n) is 3.91. The number of nitrogens with zero attached hydrogens (tertiary/aromatic N) is 1. The molecule has 2 fully saturated rings. The lowest BCUT2D eigenvalue weighted by molar-refractivity contribution is -0.143. The number of alkyl halides is 4. The standard InChI is InChI=1S/C16H6Cl8N2O3/c17-5-2-1-4(3-6(5)18)11(27)25-26-12(28)7-8(13(26)29)15(22)10(20)9(19)14(7,21)16(15,23)24/h1-3,7-8H,(H,25,27)/t7-,8-,14+,15+/m0/s1. The molecule has 5 nitrogen and oxygen atoms in total. The molecular formula is C16H6Cl8N2O3. The molecule has 154 valence electrons. The zero-order valence-corrected chi connectivity index (χ0v) is 19.6. The van der Waals surface area contributed by atoms with Gasteiger partial charge in [-0.2, -0.15) is 5.01 Å². The summed E-state index contributed by atoms with van der Waals surface area (Å²) in [7, 11) is 0. The second kappa shape index (κ2) is 6.69. The van der Waals surface area contributed by atoms with Crippen LogP contribution < -0.4 is 5.43 Å². The molecule has 1 saturated heterocycles. The van der Waals surface area contributed by atoms with Crippen LogP contribution in [0.15, 0.2) is 28.3 Å². The Morgan fingerprint density at radius 2 is 1.34 bits per heavy atom. The molecule has 1 heterocycles. The first-order valence-electron chi connectivity index (χ1n) is 7.77. The summed E-state index contributed by atoms with van der Waals surface area (Å²) in [6, 6.07) is 4.03. The number of hydrogen-bond acceptors (Lipinski definition) is 3. The van der Waals surface area contributed by atoms with Crippen molar-refractivity contribution in [3.63, 3.8) is 0 Å². The van der Waals surface area contributed by atoms with Gasteiger partial charge in [0, 0.05) is 5.56 Å². The Morgan fingerprint density at radius 1 is 0.862 bits per heavy atom. The predicted octanol–water partition coefficient (Wildman–Crippen LogP) is 5.08. The summed E-state index contributed by atoms with van der Waals surface area (Å²) in [6.07, 6.45) is 0. The summed E-state index contributed by atoms with van der Waals surface area (Å²) in [4.78, 5) is 34.7. The Labute approximate surface area is 204 Å². The Morgan fingerprint density at radius 3 is 1.79 bits per heavy atom. The van der Waals surface area contributed by atoms with E-state index in [-0.39, 0.29) is 25.7 Å². The average molecular weight is 558 g/mol. The first-order chi connectivity index (χ1) is 13.3. The molecular weight excluding hydrogens is 552 g/mol. The van der Waals surface area contributed by atoms with Gasteiger partial charge in [-0.3, -0.25) is 19.8 Å². The lowest BCUT2D eigenvalue weighted by Gasteiger charge is -2.34. The number of fused-ring (bicyclic) bond motifs is 5. The van der Waals surface area contributed by atoms with Crippen molar-refractivity contribution >= 4 is 111 Å². The average Bonchev–Trinajstić information content (AvgIpc) is 3.02. The van der Waals surface area contributed by atoms with Crippen molar-refractivity contribution in [1.82, 2.24) is 10.4 Å². The van der Waals surface area contributed by atoms with Crippen LogP contribution in [-0.2, 0) is 9.59 Å². The van der Waals surface area contributed by atoms with Gasteiger partial charge in [0.15, 0.2) is 4.33 Å². The third kappa shape index (κ3) is 2.48. The molecule has 1 aliphatic heterocycles. The van der Waals surface area contributed by atoms with Gasteiger partial charge in [-0.15, -0.1) is 23.2 Å². The van der Waals surface area contributed by atoms with Gasteiger partial charge in [-0.1, -0.05) is 69.6 Å². The molecule has 1 N–H and O–H groups in total. The summed E-state index contributed by atoms with van der Waals surface area (Å²) >= 11 is 50.0. The third-order valence-electron chi connectivity index (χ3n) is 5.30. The van der Waals surface area contributed by atoms with E-state index in [1.165, 1.54) is 18.2 Å². The number of allylic oxidation sites excluding steroid dienone is 2. The van der Waals surface area contributed by atoms with Crippen LogP contribution in [0.25, 0.3) is 0 Å². The molecule has 2 bridgehead atoms. The van der Waals surface area contributed by atoms with Gasteiger partial charge < -0.3 is 0 Å². The number of benzene rings is 1. The molecule has 2 aliphatic carbocycles. The second-order valence-electron chi connectivity index (χ2n) is 6.66. The van der Waals surface area contributed by atoms with Crippen LogP contribution >= 0.6 is 92.8 Å². The molecule has 4 rings (SSSR count). The fourth-order valence-corrected chi connectivity index (χ4v) is 7.14. The molecule has 0 aromatic heterocycles. The zero-order chi connectivity index (χ0) is 21.7. The maximum atomic E-state index is 13.0. The number of halogens is 8. The molecule has 0 spiro atoms. The number of hydrogen-bond donors (Lipinski definition) is 1. The minimum absolute atomic E-state index is 0.0550. The molecule has 0 unspecified atom stereocenters. The second-order valence-corrected chi connectivity index (χ2v) is 10.8. The summed E-state index contributed by atoms with van der Waals surface area (Å²) in [5, 5.41) is 0.412. The maximum absolute atomic E-state index is 13.0. The van der Waals surface area contributed by atoms with Gasteiger partial charge in [-0.25, -0.2) is 0 Å². The van der Waals surface area contributed by atoms with Crippen LogP contribution in [0.2, 0.25) is 10.0 Å². The summed E-state index contributed by atoms with van der Waals surface area (Å²) in [5.74, 6) is -5.22. The van der Waals surface area contributed by atoms with E-state index < -0.39 is 43.6 Å².